The minimum atomic E-state index is -5.05. The van der Waals surface area contributed by atoms with Crippen LogP contribution in [0.25, 0.3) is 0 Å². The largest absolute Gasteiger partial charge is 1.00 e. The summed E-state index contributed by atoms with van der Waals surface area (Å²) in [7, 11) is -10.1. The van der Waals surface area contributed by atoms with E-state index in [0.717, 1.165) is 0 Å². The Hall–Kier alpha value is 4.18. The molecule has 0 aliphatic rings. The molecule has 0 fully saturated rings. The monoisotopic (exact) mass is 308 g/mol. The van der Waals surface area contributed by atoms with E-state index in [0.29, 0.717) is 0 Å². The second-order valence-corrected chi connectivity index (χ2v) is 3.68. The molecule has 0 aliphatic carbocycles. The molecule has 0 aromatic rings. The zero-order chi connectivity index (χ0) is 9.71. The minimum Gasteiger partial charge on any atom is -1.00 e. The van der Waals surface area contributed by atoms with Gasteiger partial charge in [-0.05, 0) is 0 Å². The summed E-state index contributed by atoms with van der Waals surface area (Å²) in [5.41, 5.74) is 0. The van der Waals surface area contributed by atoms with Crippen LogP contribution >= 0.6 is 15.6 Å². The molecule has 0 radical (unpaired) electrons. The molecule has 0 bridgehead atoms. The van der Waals surface area contributed by atoms with E-state index in [2.05, 4.69) is 4.31 Å². The standard InChI is InChI=1S/4Na.H4O7P2.H2O2.4H/c;;;;1-8(2,3)7-9(4,5)6;1-2;;;;/h;;;;(H2,1,2,3)(H2,4,5,6);1-2H;;;;/q4*+1;;;4*-1. The van der Waals surface area contributed by atoms with E-state index in [-0.39, 0.29) is 124 Å². The molecule has 0 aromatic heterocycles. The van der Waals surface area contributed by atoms with Gasteiger partial charge in [-0.3, -0.25) is 10.5 Å². The van der Waals surface area contributed by atoms with Gasteiger partial charge < -0.3 is 25.3 Å². The Morgan fingerprint density at radius 1 is 0.733 bits per heavy atom. The van der Waals surface area contributed by atoms with Crippen LogP contribution in [0, 0.1) is 0 Å². The summed E-state index contributed by atoms with van der Waals surface area (Å²) < 4.78 is 22.2. The minimum absolute atomic E-state index is 0. The molecule has 78 valence electrons. The summed E-state index contributed by atoms with van der Waals surface area (Å²) >= 11 is 0. The predicted molar refractivity (Wildman–Crippen MR) is 34.9 cm³/mol. The molecule has 0 amide bonds. The first-order chi connectivity index (χ1) is 4.71. The van der Waals surface area contributed by atoms with Gasteiger partial charge >= 0.3 is 134 Å². The maximum absolute atomic E-state index is 9.63. The molecule has 0 atom stereocenters. The third-order valence-electron chi connectivity index (χ3n) is 0.213. The van der Waals surface area contributed by atoms with Gasteiger partial charge in [-0.2, -0.15) is 4.31 Å². The predicted octanol–water partition coefficient (Wildman–Crippen LogP) is -12.3. The van der Waals surface area contributed by atoms with Crippen LogP contribution in [0.5, 0.6) is 0 Å². The Morgan fingerprint density at radius 3 is 0.867 bits per heavy atom. The SMILES string of the molecule is O=P(O)(O)OP(=O)(O)O.OO.[H-].[H-].[H-].[H-].[Na+].[Na+].[Na+].[Na+]. The van der Waals surface area contributed by atoms with Crippen molar-refractivity contribution in [2.45, 2.75) is 0 Å². The summed E-state index contributed by atoms with van der Waals surface area (Å²) in [5.74, 6) is 0. The van der Waals surface area contributed by atoms with Gasteiger partial charge in [-0.1, -0.05) is 0 Å². The van der Waals surface area contributed by atoms with Crippen LogP contribution in [0.2, 0.25) is 0 Å². The van der Waals surface area contributed by atoms with Gasteiger partial charge in [0.25, 0.3) is 0 Å². The molecule has 0 spiro atoms. The van der Waals surface area contributed by atoms with Gasteiger partial charge in [-0.15, -0.1) is 0 Å². The third-order valence-corrected chi connectivity index (χ3v) is 1.91. The normalized spacial score (nSPS) is 8.67. The molecule has 0 aromatic carbocycles. The first kappa shape index (κ1) is 36.5. The number of hydrogen-bond donors (Lipinski definition) is 6. The molecular weight excluding hydrogens is 298 g/mol. The zero-order valence-corrected chi connectivity index (χ0v) is 18.6. The first-order valence-corrected chi connectivity index (χ1v) is 4.79. The van der Waals surface area contributed by atoms with Crippen molar-refractivity contribution >= 4 is 15.6 Å². The van der Waals surface area contributed by atoms with Crippen molar-refractivity contribution in [1.82, 2.24) is 0 Å². The van der Waals surface area contributed by atoms with Crippen LogP contribution in [0.1, 0.15) is 5.71 Å². The molecule has 0 unspecified atom stereocenters. The van der Waals surface area contributed by atoms with Crippen molar-refractivity contribution in [1.29, 1.82) is 0 Å². The van der Waals surface area contributed by atoms with Crippen molar-refractivity contribution in [3.8, 4) is 0 Å². The molecule has 0 heterocycles. The smallest absolute Gasteiger partial charge is 1.00 e. The molecule has 6 N–H and O–H groups in total. The summed E-state index contributed by atoms with van der Waals surface area (Å²) in [4.78, 5) is 31.0. The van der Waals surface area contributed by atoms with E-state index in [1.165, 1.54) is 0 Å². The average molecular weight is 308 g/mol. The third kappa shape index (κ3) is 45.9. The fourth-order valence-corrected chi connectivity index (χ4v) is 1.25. The van der Waals surface area contributed by atoms with E-state index in [9.17, 15) is 9.13 Å². The average Bonchev–Trinajstić information content (AvgIpc) is 1.60. The van der Waals surface area contributed by atoms with Crippen LogP contribution in [0.4, 0.5) is 0 Å². The van der Waals surface area contributed by atoms with E-state index in [1.54, 1.807) is 0 Å². The van der Waals surface area contributed by atoms with Crippen LogP contribution in [-0.4, -0.2) is 30.1 Å². The summed E-state index contributed by atoms with van der Waals surface area (Å²) in [5, 5.41) is 12.0. The molecule has 0 saturated carbocycles. The quantitative estimate of drug-likeness (QED) is 0.126. The van der Waals surface area contributed by atoms with Crippen molar-refractivity contribution < 1.29 is 167 Å². The Bertz CT molecular complexity index is 175. The van der Waals surface area contributed by atoms with Gasteiger partial charge in [0.15, 0.2) is 0 Å². The first-order valence-electron chi connectivity index (χ1n) is 1.73. The summed E-state index contributed by atoms with van der Waals surface area (Å²) in [6.07, 6.45) is 0. The topological polar surface area (TPSA) is 165 Å². The van der Waals surface area contributed by atoms with Crippen LogP contribution < -0.4 is 118 Å². The number of rotatable bonds is 2. The van der Waals surface area contributed by atoms with Crippen LogP contribution in [0.15, 0.2) is 0 Å². The van der Waals surface area contributed by atoms with Gasteiger partial charge in [-0.25, -0.2) is 9.13 Å². The van der Waals surface area contributed by atoms with Crippen molar-refractivity contribution in [3.63, 3.8) is 0 Å². The van der Waals surface area contributed by atoms with E-state index < -0.39 is 15.6 Å². The summed E-state index contributed by atoms with van der Waals surface area (Å²) in [6.45, 7) is 0. The molecular formula is H10Na4O9P2. The van der Waals surface area contributed by atoms with Gasteiger partial charge in [0.05, 0.1) is 0 Å². The summed E-state index contributed by atoms with van der Waals surface area (Å²) in [6, 6.07) is 0. The molecule has 9 nitrogen and oxygen atoms in total. The van der Waals surface area contributed by atoms with Gasteiger partial charge in [0.1, 0.15) is 0 Å². The number of phosphoric acid groups is 2. The molecule has 15 heteroatoms. The Morgan fingerprint density at radius 2 is 0.867 bits per heavy atom. The fourth-order valence-electron chi connectivity index (χ4n) is 0.139. The van der Waals surface area contributed by atoms with E-state index >= 15 is 0 Å². The maximum Gasteiger partial charge on any atom is 1.00 e. The maximum atomic E-state index is 9.63. The van der Waals surface area contributed by atoms with E-state index in [4.69, 9.17) is 30.1 Å². The molecule has 0 aliphatic heterocycles. The zero-order valence-electron chi connectivity index (χ0n) is 12.8. The second kappa shape index (κ2) is 18.2. The Balaban J connectivity index is -0.00000000966. The molecule has 15 heavy (non-hydrogen) atoms. The van der Waals surface area contributed by atoms with Crippen molar-refractivity contribution in [2.75, 3.05) is 0 Å². The van der Waals surface area contributed by atoms with Crippen molar-refractivity contribution in [3.05, 3.63) is 0 Å². The second-order valence-electron chi connectivity index (χ2n) is 1.06. The number of hydrogen-bond acceptors (Lipinski definition) is 5. The van der Waals surface area contributed by atoms with Gasteiger partial charge in [0, 0.05) is 0 Å². The van der Waals surface area contributed by atoms with Crippen molar-refractivity contribution in [2.24, 2.45) is 0 Å². The molecule has 0 saturated heterocycles. The van der Waals surface area contributed by atoms with Crippen LogP contribution in [0.3, 0.4) is 0 Å². The van der Waals surface area contributed by atoms with Gasteiger partial charge in [0.2, 0.25) is 0 Å². The van der Waals surface area contributed by atoms with Crippen LogP contribution in [-0.2, 0) is 13.4 Å². The Labute approximate surface area is 180 Å². The van der Waals surface area contributed by atoms with E-state index in [1.807, 2.05) is 0 Å². The molecule has 0 rings (SSSR count). The fraction of sp³-hybridized carbons (Fsp3) is 0. The Kier molecular flexibility index (Phi) is 44.2.